The summed E-state index contributed by atoms with van der Waals surface area (Å²) in [5, 5.41) is 0. The minimum Gasteiger partial charge on any atom is -0.338 e. The van der Waals surface area contributed by atoms with E-state index in [1.54, 1.807) is 11.9 Å². The fraction of sp³-hybridized carbons (Fsp3) is 0.462. The summed E-state index contributed by atoms with van der Waals surface area (Å²) in [6.07, 6.45) is 0.833. The number of anilines is 1. The number of benzene rings is 1. The van der Waals surface area contributed by atoms with Crippen molar-refractivity contribution in [2.45, 2.75) is 19.1 Å². The molecule has 0 atom stereocenters. The second-order valence-corrected chi connectivity index (χ2v) is 4.50. The molecule has 0 N–H and O–H groups in total. The number of para-hydroxylation sites is 1. The SMILES string of the molecule is Cc1cccc2c1N(C)C(=O)C21OCCCO1. The van der Waals surface area contributed by atoms with E-state index in [2.05, 4.69) is 0 Å². The molecule has 0 aromatic heterocycles. The normalized spacial score (nSPS) is 22.0. The Balaban J connectivity index is 2.20. The first-order valence-corrected chi connectivity index (χ1v) is 5.83. The van der Waals surface area contributed by atoms with Crippen LogP contribution in [0.25, 0.3) is 0 Å². The second-order valence-electron chi connectivity index (χ2n) is 4.50. The van der Waals surface area contributed by atoms with Gasteiger partial charge in [-0.15, -0.1) is 0 Å². The van der Waals surface area contributed by atoms with Crippen molar-refractivity contribution in [2.24, 2.45) is 0 Å². The van der Waals surface area contributed by atoms with E-state index in [1.165, 1.54) is 0 Å². The van der Waals surface area contributed by atoms with Crippen LogP contribution >= 0.6 is 0 Å². The van der Waals surface area contributed by atoms with Crippen LogP contribution in [0.1, 0.15) is 17.5 Å². The average molecular weight is 233 g/mol. The highest BCUT2D eigenvalue weighted by molar-refractivity contribution is 6.06. The lowest BCUT2D eigenvalue weighted by atomic mass is 10.0. The van der Waals surface area contributed by atoms with Gasteiger partial charge in [-0.25, -0.2) is 0 Å². The van der Waals surface area contributed by atoms with Gasteiger partial charge in [-0.1, -0.05) is 18.2 Å². The number of hydrogen-bond donors (Lipinski definition) is 0. The molecule has 1 spiro atoms. The van der Waals surface area contributed by atoms with Crippen molar-refractivity contribution >= 4 is 11.6 Å². The van der Waals surface area contributed by atoms with Crippen LogP contribution in [0.4, 0.5) is 5.69 Å². The molecule has 0 saturated carbocycles. The molecule has 1 fully saturated rings. The molecule has 4 heteroatoms. The molecule has 2 heterocycles. The van der Waals surface area contributed by atoms with Crippen LogP contribution in [0, 0.1) is 6.92 Å². The van der Waals surface area contributed by atoms with E-state index in [0.29, 0.717) is 13.2 Å². The molecule has 90 valence electrons. The van der Waals surface area contributed by atoms with Crippen LogP contribution in [0.15, 0.2) is 18.2 Å². The van der Waals surface area contributed by atoms with Gasteiger partial charge in [-0.05, 0) is 18.9 Å². The van der Waals surface area contributed by atoms with Gasteiger partial charge >= 0.3 is 0 Å². The van der Waals surface area contributed by atoms with E-state index < -0.39 is 5.79 Å². The van der Waals surface area contributed by atoms with Crippen LogP contribution < -0.4 is 4.90 Å². The van der Waals surface area contributed by atoms with E-state index in [4.69, 9.17) is 9.47 Å². The third kappa shape index (κ3) is 1.28. The van der Waals surface area contributed by atoms with Gasteiger partial charge in [-0.2, -0.15) is 0 Å². The molecule has 2 aliphatic rings. The molecule has 17 heavy (non-hydrogen) atoms. The van der Waals surface area contributed by atoms with Gasteiger partial charge in [0.15, 0.2) is 0 Å². The van der Waals surface area contributed by atoms with Gasteiger partial charge in [0.1, 0.15) is 0 Å². The molecule has 2 aliphatic heterocycles. The first-order valence-electron chi connectivity index (χ1n) is 5.83. The summed E-state index contributed by atoms with van der Waals surface area (Å²) in [6.45, 7) is 3.12. The van der Waals surface area contributed by atoms with Crippen molar-refractivity contribution in [3.63, 3.8) is 0 Å². The summed E-state index contributed by atoms with van der Waals surface area (Å²) >= 11 is 0. The highest BCUT2D eigenvalue weighted by atomic mass is 16.7. The van der Waals surface area contributed by atoms with E-state index in [1.807, 2.05) is 25.1 Å². The molecule has 0 aliphatic carbocycles. The van der Waals surface area contributed by atoms with Crippen molar-refractivity contribution in [1.29, 1.82) is 0 Å². The van der Waals surface area contributed by atoms with Crippen molar-refractivity contribution in [3.05, 3.63) is 29.3 Å². The Morgan fingerprint density at radius 1 is 1.29 bits per heavy atom. The highest BCUT2D eigenvalue weighted by Gasteiger charge is 2.54. The summed E-state index contributed by atoms with van der Waals surface area (Å²) in [6, 6.07) is 5.84. The number of likely N-dealkylation sites (N-methyl/N-ethyl adjacent to an activating group) is 1. The zero-order valence-electron chi connectivity index (χ0n) is 10.0. The van der Waals surface area contributed by atoms with Crippen molar-refractivity contribution in [2.75, 3.05) is 25.2 Å². The maximum Gasteiger partial charge on any atom is 0.292 e. The number of aryl methyl sites for hydroxylation is 1. The number of amides is 1. The smallest absolute Gasteiger partial charge is 0.292 e. The fourth-order valence-corrected chi connectivity index (χ4v) is 2.62. The number of nitrogens with zero attached hydrogens (tertiary/aromatic N) is 1. The van der Waals surface area contributed by atoms with Gasteiger partial charge < -0.3 is 14.4 Å². The fourth-order valence-electron chi connectivity index (χ4n) is 2.62. The van der Waals surface area contributed by atoms with E-state index in [-0.39, 0.29) is 5.91 Å². The van der Waals surface area contributed by atoms with E-state index >= 15 is 0 Å². The van der Waals surface area contributed by atoms with Gasteiger partial charge in [-0.3, -0.25) is 4.79 Å². The number of fused-ring (bicyclic) bond motifs is 2. The molecule has 0 bridgehead atoms. The second kappa shape index (κ2) is 3.55. The van der Waals surface area contributed by atoms with Crippen LogP contribution in [0.3, 0.4) is 0 Å². The summed E-state index contributed by atoms with van der Waals surface area (Å²) < 4.78 is 11.4. The molecule has 0 unspecified atom stereocenters. The Kier molecular flexibility index (Phi) is 2.24. The zero-order chi connectivity index (χ0) is 12.0. The van der Waals surface area contributed by atoms with Crippen molar-refractivity contribution in [1.82, 2.24) is 0 Å². The third-order valence-corrected chi connectivity index (χ3v) is 3.41. The number of hydrogen-bond acceptors (Lipinski definition) is 3. The summed E-state index contributed by atoms with van der Waals surface area (Å²) in [5.74, 6) is -1.31. The summed E-state index contributed by atoms with van der Waals surface area (Å²) in [5.41, 5.74) is 2.82. The van der Waals surface area contributed by atoms with Crippen LogP contribution in [0.5, 0.6) is 0 Å². The molecule has 3 rings (SSSR count). The third-order valence-electron chi connectivity index (χ3n) is 3.41. The first-order chi connectivity index (χ1) is 8.17. The molecule has 1 aromatic carbocycles. The summed E-state index contributed by atoms with van der Waals surface area (Å²) in [7, 11) is 1.77. The Hall–Kier alpha value is -1.39. The van der Waals surface area contributed by atoms with Gasteiger partial charge in [0.2, 0.25) is 0 Å². The monoisotopic (exact) mass is 233 g/mol. The lowest BCUT2D eigenvalue weighted by Crippen LogP contribution is -2.46. The Morgan fingerprint density at radius 3 is 2.71 bits per heavy atom. The number of rotatable bonds is 0. The first kappa shape index (κ1) is 10.7. The molecule has 0 radical (unpaired) electrons. The van der Waals surface area contributed by atoms with Crippen molar-refractivity contribution < 1.29 is 14.3 Å². The molecular formula is C13H15NO3. The predicted octanol–water partition coefficient (Wildman–Crippen LogP) is 1.56. The average Bonchev–Trinajstić information content (AvgIpc) is 2.55. The lowest BCUT2D eigenvalue weighted by molar-refractivity contribution is -0.256. The van der Waals surface area contributed by atoms with E-state index in [9.17, 15) is 4.79 Å². The standard InChI is InChI=1S/C13H15NO3/c1-9-5-3-6-10-11(9)14(2)12(15)13(10)16-7-4-8-17-13/h3,5-6H,4,7-8H2,1-2H3. The zero-order valence-corrected chi connectivity index (χ0v) is 10.0. The summed E-state index contributed by atoms with van der Waals surface area (Å²) in [4.78, 5) is 14.0. The highest BCUT2D eigenvalue weighted by Crippen LogP contribution is 2.45. The molecule has 4 nitrogen and oxygen atoms in total. The topological polar surface area (TPSA) is 38.8 Å². The van der Waals surface area contributed by atoms with Crippen LogP contribution in [-0.2, 0) is 20.1 Å². The van der Waals surface area contributed by atoms with Gasteiger partial charge in [0.25, 0.3) is 11.7 Å². The predicted molar refractivity (Wildman–Crippen MR) is 62.8 cm³/mol. The number of carbonyl (C=O) groups excluding carboxylic acids is 1. The molecular weight excluding hydrogens is 218 g/mol. The van der Waals surface area contributed by atoms with Crippen molar-refractivity contribution in [3.8, 4) is 0 Å². The largest absolute Gasteiger partial charge is 0.338 e. The number of ether oxygens (including phenoxy) is 2. The minimum atomic E-state index is -1.19. The minimum absolute atomic E-state index is 0.124. The number of carbonyl (C=O) groups is 1. The lowest BCUT2D eigenvalue weighted by Gasteiger charge is -2.32. The maximum absolute atomic E-state index is 12.4. The Bertz CT molecular complexity index is 478. The Morgan fingerprint density at radius 2 is 2.00 bits per heavy atom. The van der Waals surface area contributed by atoms with Crippen LogP contribution in [0.2, 0.25) is 0 Å². The van der Waals surface area contributed by atoms with Gasteiger partial charge in [0.05, 0.1) is 18.9 Å². The Labute approximate surface area is 100 Å². The molecule has 1 aromatic rings. The van der Waals surface area contributed by atoms with E-state index in [0.717, 1.165) is 23.2 Å². The van der Waals surface area contributed by atoms with Crippen LogP contribution in [-0.4, -0.2) is 26.2 Å². The molecule has 1 saturated heterocycles. The molecule has 1 amide bonds. The maximum atomic E-state index is 12.4. The van der Waals surface area contributed by atoms with Gasteiger partial charge in [0, 0.05) is 12.6 Å². The quantitative estimate of drug-likeness (QED) is 0.682.